The molecular formula is C14H25N3O3S. The highest BCUT2D eigenvalue weighted by Crippen LogP contribution is 2.18. The van der Waals surface area contributed by atoms with E-state index < -0.39 is 10.2 Å². The van der Waals surface area contributed by atoms with Gasteiger partial charge in [0.1, 0.15) is 0 Å². The van der Waals surface area contributed by atoms with Crippen LogP contribution in [0.25, 0.3) is 0 Å². The van der Waals surface area contributed by atoms with Gasteiger partial charge in [0, 0.05) is 26.3 Å². The second-order valence-corrected chi connectivity index (χ2v) is 6.50. The number of hydrogen-bond acceptors (Lipinski definition) is 4. The van der Waals surface area contributed by atoms with E-state index in [4.69, 9.17) is 4.74 Å². The van der Waals surface area contributed by atoms with E-state index >= 15 is 0 Å². The zero-order valence-corrected chi connectivity index (χ0v) is 13.7. The number of nitrogens with one attached hydrogen (secondary N) is 2. The van der Waals surface area contributed by atoms with Crippen molar-refractivity contribution < 1.29 is 13.2 Å². The van der Waals surface area contributed by atoms with Crippen LogP contribution < -0.4 is 10.0 Å². The molecule has 0 unspecified atom stereocenters. The quantitative estimate of drug-likeness (QED) is 0.641. The summed E-state index contributed by atoms with van der Waals surface area (Å²) in [5.41, 5.74) is 1.36. The molecule has 0 aliphatic rings. The molecule has 0 fully saturated rings. The largest absolute Gasteiger partial charge is 0.380 e. The molecule has 1 rings (SSSR count). The third kappa shape index (κ3) is 6.01. The Kier molecular flexibility index (Phi) is 7.66. The fraction of sp³-hybridized carbons (Fsp3) is 0.571. The molecule has 0 amide bonds. The lowest BCUT2D eigenvalue weighted by atomic mass is 10.2. The van der Waals surface area contributed by atoms with E-state index in [9.17, 15) is 8.42 Å². The monoisotopic (exact) mass is 315 g/mol. The molecule has 21 heavy (non-hydrogen) atoms. The first-order valence-corrected chi connectivity index (χ1v) is 8.47. The highest BCUT2D eigenvalue weighted by Gasteiger charge is 2.18. The van der Waals surface area contributed by atoms with E-state index in [0.717, 1.165) is 25.1 Å². The molecule has 120 valence electrons. The predicted octanol–water partition coefficient (Wildman–Crippen LogP) is 1.42. The molecule has 0 saturated heterocycles. The van der Waals surface area contributed by atoms with Gasteiger partial charge in [0.15, 0.2) is 0 Å². The average Bonchev–Trinajstić information content (AvgIpc) is 2.45. The van der Waals surface area contributed by atoms with Gasteiger partial charge in [-0.05, 0) is 25.6 Å². The Balaban J connectivity index is 2.67. The van der Waals surface area contributed by atoms with Crippen LogP contribution in [0.15, 0.2) is 24.3 Å². The number of hydrogen-bond donors (Lipinski definition) is 2. The number of ether oxygens (including phenoxy) is 1. The van der Waals surface area contributed by atoms with Crippen molar-refractivity contribution in [3.8, 4) is 0 Å². The summed E-state index contributed by atoms with van der Waals surface area (Å²) in [4.78, 5) is 0. The van der Waals surface area contributed by atoms with E-state index in [0.29, 0.717) is 18.8 Å². The summed E-state index contributed by atoms with van der Waals surface area (Å²) in [6.07, 6.45) is 0.769. The zero-order valence-electron chi connectivity index (χ0n) is 12.9. The van der Waals surface area contributed by atoms with Crippen LogP contribution >= 0.6 is 0 Å². The Hall–Kier alpha value is -1.15. The highest BCUT2D eigenvalue weighted by atomic mass is 32.2. The molecular weight excluding hydrogens is 290 g/mol. The summed E-state index contributed by atoms with van der Waals surface area (Å²) in [5.74, 6) is 0. The van der Waals surface area contributed by atoms with Crippen molar-refractivity contribution in [3.63, 3.8) is 0 Å². The number of methoxy groups -OCH3 is 1. The van der Waals surface area contributed by atoms with E-state index in [-0.39, 0.29) is 0 Å². The van der Waals surface area contributed by atoms with E-state index in [1.807, 2.05) is 19.1 Å². The van der Waals surface area contributed by atoms with Gasteiger partial charge in [0.05, 0.1) is 12.3 Å². The van der Waals surface area contributed by atoms with Crippen LogP contribution in [0.2, 0.25) is 0 Å². The summed E-state index contributed by atoms with van der Waals surface area (Å²) in [6, 6.07) is 7.22. The number of nitrogens with zero attached hydrogens (tertiary/aromatic N) is 1. The van der Waals surface area contributed by atoms with Crippen molar-refractivity contribution in [1.29, 1.82) is 0 Å². The van der Waals surface area contributed by atoms with Gasteiger partial charge in [-0.15, -0.1) is 0 Å². The second-order valence-electron chi connectivity index (χ2n) is 4.73. The summed E-state index contributed by atoms with van der Waals surface area (Å²) >= 11 is 0. The lowest BCUT2D eigenvalue weighted by Crippen LogP contribution is -2.34. The number of rotatable bonds is 10. The summed E-state index contributed by atoms with van der Waals surface area (Å²) < 4.78 is 33.6. The first-order chi connectivity index (χ1) is 10.0. The van der Waals surface area contributed by atoms with Gasteiger partial charge in [-0.1, -0.05) is 25.1 Å². The molecule has 0 bridgehead atoms. The molecule has 0 atom stereocenters. The molecule has 0 aliphatic heterocycles. The molecule has 1 aromatic carbocycles. The van der Waals surface area contributed by atoms with Crippen molar-refractivity contribution in [2.45, 2.75) is 20.0 Å². The molecule has 2 N–H and O–H groups in total. The van der Waals surface area contributed by atoms with Gasteiger partial charge in [-0.3, -0.25) is 4.72 Å². The Labute approximate surface area is 127 Å². The highest BCUT2D eigenvalue weighted by molar-refractivity contribution is 7.90. The number of anilines is 1. The second kappa shape index (κ2) is 8.99. The van der Waals surface area contributed by atoms with E-state index in [1.54, 1.807) is 26.3 Å². The molecule has 0 aromatic heterocycles. The van der Waals surface area contributed by atoms with Gasteiger partial charge in [-0.25, -0.2) is 0 Å². The minimum absolute atomic E-state index is 0.364. The van der Waals surface area contributed by atoms with Crippen molar-refractivity contribution in [3.05, 3.63) is 29.8 Å². The van der Waals surface area contributed by atoms with Crippen LogP contribution in [0.1, 0.15) is 18.9 Å². The predicted molar refractivity (Wildman–Crippen MR) is 85.5 cm³/mol. The molecule has 0 spiro atoms. The maximum Gasteiger partial charge on any atom is 0.301 e. The van der Waals surface area contributed by atoms with Gasteiger partial charge >= 0.3 is 10.2 Å². The van der Waals surface area contributed by atoms with Gasteiger partial charge in [-0.2, -0.15) is 12.7 Å². The zero-order chi connectivity index (χ0) is 15.7. The first kappa shape index (κ1) is 17.9. The van der Waals surface area contributed by atoms with Crippen molar-refractivity contribution >= 4 is 15.9 Å². The first-order valence-electron chi connectivity index (χ1n) is 7.03. The van der Waals surface area contributed by atoms with Crippen LogP contribution in [0.4, 0.5) is 5.69 Å². The molecule has 1 aromatic rings. The summed E-state index contributed by atoms with van der Waals surface area (Å²) in [6.45, 7) is 4.54. The minimum Gasteiger partial charge on any atom is -0.380 e. The number of benzene rings is 1. The van der Waals surface area contributed by atoms with Crippen LogP contribution in [0.5, 0.6) is 0 Å². The van der Waals surface area contributed by atoms with Gasteiger partial charge in [0.25, 0.3) is 0 Å². The maximum atomic E-state index is 12.3. The van der Waals surface area contributed by atoms with Gasteiger partial charge < -0.3 is 10.1 Å². The van der Waals surface area contributed by atoms with Gasteiger partial charge in [0.2, 0.25) is 0 Å². The van der Waals surface area contributed by atoms with Crippen molar-refractivity contribution in [2.75, 3.05) is 38.5 Å². The summed E-state index contributed by atoms with van der Waals surface area (Å²) in [5, 5.41) is 3.17. The molecule has 0 aliphatic carbocycles. The normalized spacial score (nSPS) is 11.8. The molecule has 0 radical (unpaired) electrons. The fourth-order valence-electron chi connectivity index (χ4n) is 1.84. The summed E-state index contributed by atoms with van der Waals surface area (Å²) in [7, 11) is -0.383. The van der Waals surface area contributed by atoms with Crippen LogP contribution in [0, 0.1) is 0 Å². The van der Waals surface area contributed by atoms with Crippen LogP contribution in [-0.2, 0) is 21.6 Å². The maximum absolute atomic E-state index is 12.3. The molecule has 0 heterocycles. The third-order valence-corrected chi connectivity index (χ3v) is 4.52. The standard InChI is InChI=1S/C14H25N3O3S/c1-4-15-10-7-11-17(2)21(18,19)16-14-9-6-5-8-13(14)12-20-3/h5-6,8-9,15-16H,4,7,10-12H2,1-3H3. The molecule has 7 heteroatoms. The van der Waals surface area contributed by atoms with E-state index in [1.165, 1.54) is 4.31 Å². The lowest BCUT2D eigenvalue weighted by molar-refractivity contribution is 0.185. The number of para-hydroxylation sites is 1. The molecule has 6 nitrogen and oxygen atoms in total. The van der Waals surface area contributed by atoms with Crippen molar-refractivity contribution in [2.24, 2.45) is 0 Å². The Morgan fingerprint density at radius 1 is 1.29 bits per heavy atom. The smallest absolute Gasteiger partial charge is 0.301 e. The third-order valence-electron chi connectivity index (χ3n) is 3.04. The topological polar surface area (TPSA) is 70.7 Å². The molecule has 0 saturated carbocycles. The Morgan fingerprint density at radius 2 is 2.00 bits per heavy atom. The Morgan fingerprint density at radius 3 is 2.67 bits per heavy atom. The average molecular weight is 315 g/mol. The Bertz CT molecular complexity index is 520. The van der Waals surface area contributed by atoms with Crippen molar-refractivity contribution in [1.82, 2.24) is 9.62 Å². The lowest BCUT2D eigenvalue weighted by Gasteiger charge is -2.19. The SMILES string of the molecule is CCNCCCN(C)S(=O)(=O)Nc1ccccc1COC. The minimum atomic E-state index is -3.54. The fourth-order valence-corrected chi connectivity index (χ4v) is 2.84. The van der Waals surface area contributed by atoms with Crippen LogP contribution in [-0.4, -0.2) is 46.5 Å². The van der Waals surface area contributed by atoms with E-state index in [2.05, 4.69) is 10.0 Å². The van der Waals surface area contributed by atoms with Crippen LogP contribution in [0.3, 0.4) is 0 Å².